The van der Waals surface area contributed by atoms with Crippen molar-refractivity contribution in [3.8, 4) is 0 Å². The standard InChI is InChI=1S/C11H13FN2O3/c1-6-4-14(11(16)13-7(6)2)10-9(12)3-8(5-15)17-10/h3-4,8,10,15H,5H2,1-2H3/t8-,10+/m0/s1. The van der Waals surface area contributed by atoms with E-state index in [1.54, 1.807) is 13.8 Å². The van der Waals surface area contributed by atoms with Gasteiger partial charge in [0, 0.05) is 11.9 Å². The van der Waals surface area contributed by atoms with Crippen molar-refractivity contribution in [2.45, 2.75) is 26.2 Å². The summed E-state index contributed by atoms with van der Waals surface area (Å²) < 4.78 is 19.8. The van der Waals surface area contributed by atoms with Gasteiger partial charge in [-0.3, -0.25) is 4.57 Å². The molecule has 0 fully saturated rings. The Bertz CT molecular complexity index is 524. The Morgan fingerprint density at radius 1 is 1.59 bits per heavy atom. The second-order valence-electron chi connectivity index (χ2n) is 3.96. The lowest BCUT2D eigenvalue weighted by Crippen LogP contribution is -2.29. The van der Waals surface area contributed by atoms with Crippen molar-refractivity contribution in [2.75, 3.05) is 6.61 Å². The Balaban J connectivity index is 2.40. The lowest BCUT2D eigenvalue weighted by atomic mass is 10.3. The van der Waals surface area contributed by atoms with Crippen molar-refractivity contribution in [2.24, 2.45) is 0 Å². The molecule has 0 aromatic carbocycles. The van der Waals surface area contributed by atoms with Crippen molar-refractivity contribution in [1.29, 1.82) is 0 Å². The van der Waals surface area contributed by atoms with E-state index in [9.17, 15) is 9.18 Å². The largest absolute Gasteiger partial charge is 0.393 e. The topological polar surface area (TPSA) is 64.3 Å². The Hall–Kier alpha value is -1.53. The van der Waals surface area contributed by atoms with Crippen LogP contribution in [0.1, 0.15) is 17.5 Å². The molecule has 0 saturated heterocycles. The van der Waals surface area contributed by atoms with Gasteiger partial charge in [0.2, 0.25) is 0 Å². The molecular formula is C11H13FN2O3. The van der Waals surface area contributed by atoms with E-state index < -0.39 is 23.8 Å². The number of ether oxygens (including phenoxy) is 1. The van der Waals surface area contributed by atoms with Gasteiger partial charge in [0.1, 0.15) is 11.9 Å². The van der Waals surface area contributed by atoms with Gasteiger partial charge >= 0.3 is 5.69 Å². The SMILES string of the molecule is Cc1cn([C@@H]2O[C@H](CO)C=C2F)c(=O)nc1C. The molecule has 2 heterocycles. The first-order valence-electron chi connectivity index (χ1n) is 5.23. The first-order valence-corrected chi connectivity index (χ1v) is 5.23. The van der Waals surface area contributed by atoms with Gasteiger partial charge in [0.05, 0.1) is 6.61 Å². The summed E-state index contributed by atoms with van der Waals surface area (Å²) in [7, 11) is 0. The summed E-state index contributed by atoms with van der Waals surface area (Å²) >= 11 is 0. The molecular weight excluding hydrogens is 227 g/mol. The number of aryl methyl sites for hydroxylation is 2. The average molecular weight is 240 g/mol. The summed E-state index contributed by atoms with van der Waals surface area (Å²) in [5, 5.41) is 8.88. The monoisotopic (exact) mass is 240 g/mol. The number of hydrogen-bond donors (Lipinski definition) is 1. The normalized spacial score (nSPS) is 23.9. The van der Waals surface area contributed by atoms with Crippen molar-refractivity contribution < 1.29 is 14.2 Å². The highest BCUT2D eigenvalue weighted by Crippen LogP contribution is 2.28. The van der Waals surface area contributed by atoms with Crippen LogP contribution < -0.4 is 5.69 Å². The summed E-state index contributed by atoms with van der Waals surface area (Å²) in [5.74, 6) is -0.587. The molecule has 0 unspecified atom stereocenters. The maximum absolute atomic E-state index is 13.6. The fourth-order valence-electron chi connectivity index (χ4n) is 1.64. The molecule has 0 saturated carbocycles. The van der Waals surface area contributed by atoms with Gasteiger partial charge in [-0.15, -0.1) is 0 Å². The summed E-state index contributed by atoms with van der Waals surface area (Å²) in [6.45, 7) is 3.16. The van der Waals surface area contributed by atoms with Crippen LogP contribution in [0, 0.1) is 13.8 Å². The second kappa shape index (κ2) is 4.38. The third-order valence-electron chi connectivity index (χ3n) is 2.70. The molecule has 17 heavy (non-hydrogen) atoms. The van der Waals surface area contributed by atoms with Gasteiger partial charge in [-0.05, 0) is 25.5 Å². The van der Waals surface area contributed by atoms with E-state index in [1.807, 2.05) is 0 Å². The highest BCUT2D eigenvalue weighted by Gasteiger charge is 2.29. The minimum Gasteiger partial charge on any atom is -0.393 e. The molecule has 0 aliphatic carbocycles. The minimum absolute atomic E-state index is 0.322. The number of aliphatic hydroxyl groups excluding tert-OH is 1. The molecule has 2 atom stereocenters. The Labute approximate surface area is 97.2 Å². The first kappa shape index (κ1) is 11.9. The number of aromatic nitrogens is 2. The van der Waals surface area contributed by atoms with Crippen LogP contribution in [0.4, 0.5) is 4.39 Å². The molecule has 92 valence electrons. The van der Waals surface area contributed by atoms with E-state index in [1.165, 1.54) is 6.20 Å². The molecule has 0 amide bonds. The van der Waals surface area contributed by atoms with Crippen LogP contribution in [0.15, 0.2) is 22.9 Å². The van der Waals surface area contributed by atoms with Crippen LogP contribution in [0.3, 0.4) is 0 Å². The zero-order valence-corrected chi connectivity index (χ0v) is 9.55. The Kier molecular flexibility index (Phi) is 3.08. The Morgan fingerprint density at radius 2 is 2.29 bits per heavy atom. The maximum Gasteiger partial charge on any atom is 0.350 e. The fourth-order valence-corrected chi connectivity index (χ4v) is 1.64. The number of aliphatic hydroxyl groups is 1. The summed E-state index contributed by atoms with van der Waals surface area (Å²) in [5.41, 5.74) is 0.807. The minimum atomic E-state index is -1.12. The van der Waals surface area contributed by atoms with Crippen LogP contribution in [0.5, 0.6) is 0 Å². The smallest absolute Gasteiger partial charge is 0.350 e. The molecule has 6 heteroatoms. The van der Waals surface area contributed by atoms with Crippen LogP contribution in [-0.4, -0.2) is 27.4 Å². The van der Waals surface area contributed by atoms with Gasteiger partial charge in [-0.1, -0.05) is 0 Å². The number of rotatable bonds is 2. The van der Waals surface area contributed by atoms with Crippen molar-refractivity contribution in [3.63, 3.8) is 0 Å². The summed E-state index contributed by atoms with van der Waals surface area (Å²) in [4.78, 5) is 15.4. The Morgan fingerprint density at radius 3 is 2.88 bits per heavy atom. The molecule has 2 rings (SSSR count). The molecule has 1 N–H and O–H groups in total. The highest BCUT2D eigenvalue weighted by molar-refractivity contribution is 5.15. The zero-order valence-electron chi connectivity index (χ0n) is 9.55. The summed E-state index contributed by atoms with van der Waals surface area (Å²) in [6.07, 6.45) is 0.828. The van der Waals surface area contributed by atoms with Gasteiger partial charge in [-0.25, -0.2) is 9.18 Å². The molecule has 1 aliphatic rings. The molecule has 1 aromatic rings. The van der Waals surface area contributed by atoms with Crippen molar-refractivity contribution in [3.05, 3.63) is 39.8 Å². The van der Waals surface area contributed by atoms with E-state index in [4.69, 9.17) is 9.84 Å². The van der Waals surface area contributed by atoms with Crippen molar-refractivity contribution >= 4 is 0 Å². The molecule has 0 spiro atoms. The summed E-state index contributed by atoms with van der Waals surface area (Å²) in [6, 6.07) is 0. The third-order valence-corrected chi connectivity index (χ3v) is 2.70. The first-order chi connectivity index (χ1) is 8.02. The molecule has 5 nitrogen and oxygen atoms in total. The van der Waals surface area contributed by atoms with Gasteiger partial charge in [-0.2, -0.15) is 4.98 Å². The van der Waals surface area contributed by atoms with Crippen LogP contribution in [0.2, 0.25) is 0 Å². The predicted octanol–water partition coefficient (Wildman–Crippen LogP) is 0.603. The number of hydrogen-bond acceptors (Lipinski definition) is 4. The fraction of sp³-hybridized carbons (Fsp3) is 0.455. The van der Waals surface area contributed by atoms with Gasteiger partial charge < -0.3 is 9.84 Å². The second-order valence-corrected chi connectivity index (χ2v) is 3.96. The molecule has 1 aromatic heterocycles. The van der Waals surface area contributed by atoms with Crippen molar-refractivity contribution in [1.82, 2.24) is 9.55 Å². The van der Waals surface area contributed by atoms with E-state index in [0.717, 1.165) is 16.2 Å². The van der Waals surface area contributed by atoms with E-state index >= 15 is 0 Å². The number of nitrogens with zero attached hydrogens (tertiary/aromatic N) is 2. The van der Waals surface area contributed by atoms with Gasteiger partial charge in [0.25, 0.3) is 0 Å². The van der Waals surface area contributed by atoms with E-state index in [-0.39, 0.29) is 6.61 Å². The maximum atomic E-state index is 13.6. The quantitative estimate of drug-likeness (QED) is 0.822. The average Bonchev–Trinajstić information content (AvgIpc) is 2.65. The van der Waals surface area contributed by atoms with Crippen LogP contribution >= 0.6 is 0 Å². The molecule has 0 radical (unpaired) electrons. The van der Waals surface area contributed by atoms with E-state index in [2.05, 4.69) is 4.98 Å². The molecule has 1 aliphatic heterocycles. The van der Waals surface area contributed by atoms with Gasteiger partial charge in [0.15, 0.2) is 6.23 Å². The predicted molar refractivity (Wildman–Crippen MR) is 58.2 cm³/mol. The van der Waals surface area contributed by atoms with Crippen LogP contribution in [-0.2, 0) is 4.74 Å². The van der Waals surface area contributed by atoms with Crippen LogP contribution in [0.25, 0.3) is 0 Å². The number of halogens is 1. The molecule has 0 bridgehead atoms. The highest BCUT2D eigenvalue weighted by atomic mass is 19.1. The lowest BCUT2D eigenvalue weighted by molar-refractivity contribution is -0.0215. The zero-order chi connectivity index (χ0) is 12.6. The lowest BCUT2D eigenvalue weighted by Gasteiger charge is -2.16. The van der Waals surface area contributed by atoms with E-state index in [0.29, 0.717) is 5.69 Å². The third kappa shape index (κ3) is 2.13.